The first-order valence-corrected chi connectivity index (χ1v) is 5.59. The Morgan fingerprint density at radius 2 is 1.62 bits per heavy atom. The molecule has 0 amide bonds. The van der Waals surface area contributed by atoms with E-state index in [0.29, 0.717) is 5.56 Å². The molecule has 3 heteroatoms. The van der Waals surface area contributed by atoms with Crippen molar-refractivity contribution in [3.05, 3.63) is 58.1 Å². The summed E-state index contributed by atoms with van der Waals surface area (Å²) in [5.41, 5.74) is 2.42. The Bertz CT molecular complexity index is 518. The van der Waals surface area contributed by atoms with Crippen molar-refractivity contribution in [2.75, 3.05) is 0 Å². The minimum Gasteiger partial charge on any atom is -0.207 e. The molecule has 0 saturated heterocycles. The first-order chi connectivity index (χ1) is 7.58. The van der Waals surface area contributed by atoms with E-state index in [0.717, 1.165) is 17.2 Å². The van der Waals surface area contributed by atoms with Gasteiger partial charge < -0.3 is 0 Å². The molecule has 0 aromatic heterocycles. The van der Waals surface area contributed by atoms with E-state index in [1.807, 2.05) is 31.2 Å². The van der Waals surface area contributed by atoms with Crippen LogP contribution in [0.1, 0.15) is 5.56 Å². The lowest BCUT2D eigenvalue weighted by Crippen LogP contribution is -1.87. The predicted molar refractivity (Wildman–Crippen MR) is 64.2 cm³/mol. The van der Waals surface area contributed by atoms with Crippen LogP contribution in [0.4, 0.5) is 8.78 Å². The summed E-state index contributed by atoms with van der Waals surface area (Å²) >= 11 is 3.13. The predicted octanol–water partition coefficient (Wildman–Crippen LogP) is 4.70. The Morgan fingerprint density at radius 1 is 1.00 bits per heavy atom. The Labute approximate surface area is 101 Å². The highest BCUT2D eigenvalue weighted by Gasteiger charge is 2.10. The van der Waals surface area contributed by atoms with E-state index in [2.05, 4.69) is 15.9 Å². The molecule has 0 aliphatic heterocycles. The standard InChI is InChI=1S/C13H9BrF2/c1-8-2-4-9(5-3-8)11-6-10(15)7-12(16)13(11)14/h2-7H,1H3. The first kappa shape index (κ1) is 11.3. The van der Waals surface area contributed by atoms with Gasteiger partial charge in [0.15, 0.2) is 0 Å². The van der Waals surface area contributed by atoms with E-state index >= 15 is 0 Å². The van der Waals surface area contributed by atoms with E-state index in [1.54, 1.807) is 0 Å². The van der Waals surface area contributed by atoms with Gasteiger partial charge in [-0.2, -0.15) is 0 Å². The molecule has 0 N–H and O–H groups in total. The van der Waals surface area contributed by atoms with E-state index in [-0.39, 0.29) is 4.47 Å². The molecule has 0 fully saturated rings. The lowest BCUT2D eigenvalue weighted by molar-refractivity contribution is 0.580. The zero-order valence-electron chi connectivity index (χ0n) is 8.60. The van der Waals surface area contributed by atoms with E-state index < -0.39 is 11.6 Å². The number of rotatable bonds is 1. The molecule has 2 aromatic rings. The number of hydrogen-bond donors (Lipinski definition) is 0. The maximum Gasteiger partial charge on any atom is 0.140 e. The van der Waals surface area contributed by atoms with Crippen LogP contribution in [-0.4, -0.2) is 0 Å². The highest BCUT2D eigenvalue weighted by Crippen LogP contribution is 2.31. The quantitative estimate of drug-likeness (QED) is 0.665. The molecule has 2 rings (SSSR count). The fourth-order valence-electron chi connectivity index (χ4n) is 1.50. The van der Waals surface area contributed by atoms with Gasteiger partial charge >= 0.3 is 0 Å². The van der Waals surface area contributed by atoms with Gasteiger partial charge in [0.25, 0.3) is 0 Å². The van der Waals surface area contributed by atoms with Crippen LogP contribution in [0.25, 0.3) is 11.1 Å². The summed E-state index contributed by atoms with van der Waals surface area (Å²) in [6.07, 6.45) is 0. The molecule has 0 spiro atoms. The summed E-state index contributed by atoms with van der Waals surface area (Å²) in [5.74, 6) is -1.16. The Kier molecular flexibility index (Phi) is 3.06. The van der Waals surface area contributed by atoms with Crippen LogP contribution in [0.2, 0.25) is 0 Å². The lowest BCUT2D eigenvalue weighted by Gasteiger charge is -2.06. The smallest absolute Gasteiger partial charge is 0.140 e. The number of benzene rings is 2. The van der Waals surface area contributed by atoms with Crippen molar-refractivity contribution in [2.24, 2.45) is 0 Å². The van der Waals surface area contributed by atoms with Crippen molar-refractivity contribution >= 4 is 15.9 Å². The molecule has 0 heterocycles. The maximum atomic E-state index is 13.3. The SMILES string of the molecule is Cc1ccc(-c2cc(F)cc(F)c2Br)cc1. The van der Waals surface area contributed by atoms with E-state index in [4.69, 9.17) is 0 Å². The van der Waals surface area contributed by atoms with E-state index in [9.17, 15) is 8.78 Å². The monoisotopic (exact) mass is 282 g/mol. The van der Waals surface area contributed by atoms with Crippen LogP contribution in [-0.2, 0) is 0 Å². The van der Waals surface area contributed by atoms with Crippen molar-refractivity contribution in [2.45, 2.75) is 6.92 Å². The van der Waals surface area contributed by atoms with Crippen molar-refractivity contribution in [1.29, 1.82) is 0 Å². The third-order valence-corrected chi connectivity index (χ3v) is 3.16. The molecule has 0 atom stereocenters. The number of halogens is 3. The third-order valence-electron chi connectivity index (χ3n) is 2.36. The highest BCUT2D eigenvalue weighted by molar-refractivity contribution is 9.10. The van der Waals surface area contributed by atoms with Crippen LogP contribution < -0.4 is 0 Å². The third kappa shape index (κ3) is 2.14. The Hall–Kier alpha value is -1.22. The van der Waals surface area contributed by atoms with E-state index in [1.165, 1.54) is 6.07 Å². The van der Waals surface area contributed by atoms with Crippen LogP contribution in [0.5, 0.6) is 0 Å². The summed E-state index contributed by atoms with van der Waals surface area (Å²) in [6, 6.07) is 9.68. The largest absolute Gasteiger partial charge is 0.207 e. The summed E-state index contributed by atoms with van der Waals surface area (Å²) in [6.45, 7) is 1.96. The maximum absolute atomic E-state index is 13.3. The second-order valence-electron chi connectivity index (χ2n) is 3.62. The van der Waals surface area contributed by atoms with Crippen molar-refractivity contribution in [1.82, 2.24) is 0 Å². The van der Waals surface area contributed by atoms with Crippen LogP contribution in [0.3, 0.4) is 0 Å². The molecular formula is C13H9BrF2. The van der Waals surface area contributed by atoms with Crippen LogP contribution >= 0.6 is 15.9 Å². The zero-order valence-corrected chi connectivity index (χ0v) is 10.2. The van der Waals surface area contributed by atoms with Gasteiger partial charge in [-0.05, 0) is 34.5 Å². The second kappa shape index (κ2) is 4.34. The molecule has 0 unspecified atom stereocenters. The van der Waals surface area contributed by atoms with Gasteiger partial charge in [0.2, 0.25) is 0 Å². The lowest BCUT2D eigenvalue weighted by atomic mass is 10.0. The average Bonchev–Trinajstić information content (AvgIpc) is 2.25. The molecule has 0 bridgehead atoms. The van der Waals surface area contributed by atoms with Gasteiger partial charge in [-0.25, -0.2) is 8.78 Å². The van der Waals surface area contributed by atoms with Crippen molar-refractivity contribution in [3.63, 3.8) is 0 Å². The molecule has 0 aliphatic carbocycles. The average molecular weight is 283 g/mol. The molecular weight excluding hydrogens is 274 g/mol. The molecule has 0 nitrogen and oxygen atoms in total. The summed E-state index contributed by atoms with van der Waals surface area (Å²) in [4.78, 5) is 0. The number of hydrogen-bond acceptors (Lipinski definition) is 0. The van der Waals surface area contributed by atoms with Gasteiger partial charge in [-0.1, -0.05) is 29.8 Å². The van der Waals surface area contributed by atoms with Crippen molar-refractivity contribution < 1.29 is 8.78 Å². The van der Waals surface area contributed by atoms with Crippen LogP contribution in [0.15, 0.2) is 40.9 Å². The normalized spacial score (nSPS) is 10.5. The van der Waals surface area contributed by atoms with Gasteiger partial charge in [0.1, 0.15) is 11.6 Å². The fraction of sp³-hybridized carbons (Fsp3) is 0.0769. The zero-order chi connectivity index (χ0) is 11.7. The van der Waals surface area contributed by atoms with Crippen LogP contribution in [0, 0.1) is 18.6 Å². The summed E-state index contributed by atoms with van der Waals surface area (Å²) < 4.78 is 26.7. The van der Waals surface area contributed by atoms with Gasteiger partial charge in [0.05, 0.1) is 4.47 Å². The minimum atomic E-state index is -0.587. The molecule has 82 valence electrons. The topological polar surface area (TPSA) is 0 Å². The first-order valence-electron chi connectivity index (χ1n) is 4.79. The molecule has 2 aromatic carbocycles. The highest BCUT2D eigenvalue weighted by atomic mass is 79.9. The molecule has 0 aliphatic rings. The number of aryl methyl sites for hydroxylation is 1. The van der Waals surface area contributed by atoms with Gasteiger partial charge in [0, 0.05) is 11.6 Å². The Balaban J connectivity index is 2.59. The van der Waals surface area contributed by atoms with Gasteiger partial charge in [-0.15, -0.1) is 0 Å². The Morgan fingerprint density at radius 3 is 2.25 bits per heavy atom. The molecule has 16 heavy (non-hydrogen) atoms. The molecule has 0 saturated carbocycles. The fourth-order valence-corrected chi connectivity index (χ4v) is 1.96. The summed E-state index contributed by atoms with van der Waals surface area (Å²) in [7, 11) is 0. The van der Waals surface area contributed by atoms with Crippen molar-refractivity contribution in [3.8, 4) is 11.1 Å². The minimum absolute atomic E-state index is 0.290. The van der Waals surface area contributed by atoms with Gasteiger partial charge in [-0.3, -0.25) is 0 Å². The summed E-state index contributed by atoms with van der Waals surface area (Å²) in [5, 5.41) is 0. The second-order valence-corrected chi connectivity index (χ2v) is 4.41. The molecule has 0 radical (unpaired) electrons.